The summed E-state index contributed by atoms with van der Waals surface area (Å²) in [5.74, 6) is -1.08. The molecule has 0 aliphatic heterocycles. The maximum absolute atomic E-state index is 10.7. The van der Waals surface area contributed by atoms with E-state index in [1.54, 1.807) is 12.1 Å². The van der Waals surface area contributed by atoms with Crippen LogP contribution < -0.4 is 0 Å². The zero-order valence-corrected chi connectivity index (χ0v) is 11.1. The minimum Gasteiger partial charge on any atom is -0.477 e. The lowest BCUT2D eigenvalue weighted by Crippen LogP contribution is -1.99. The number of carboxylic acids is 1. The number of nitrogens with zero attached hydrogens (tertiary/aromatic N) is 1. The van der Waals surface area contributed by atoms with Gasteiger partial charge in [-0.3, -0.25) is 0 Å². The second-order valence-electron chi connectivity index (χ2n) is 3.48. The van der Waals surface area contributed by atoms with Crippen LogP contribution in [-0.4, -0.2) is 16.1 Å². The molecule has 92 valence electrons. The monoisotopic (exact) mass is 301 g/mol. The fourth-order valence-electron chi connectivity index (χ4n) is 1.42. The van der Waals surface area contributed by atoms with Gasteiger partial charge in [-0.2, -0.15) is 0 Å². The molecule has 0 amide bonds. The summed E-state index contributed by atoms with van der Waals surface area (Å²) in [6.07, 6.45) is 1.43. The Labute approximate surface area is 118 Å². The molecule has 0 fully saturated rings. The van der Waals surface area contributed by atoms with Crippen LogP contribution in [0.5, 0.6) is 0 Å². The van der Waals surface area contributed by atoms with Gasteiger partial charge in [-0.1, -0.05) is 40.9 Å². The summed E-state index contributed by atoms with van der Waals surface area (Å²) in [4.78, 5) is 14.5. The van der Waals surface area contributed by atoms with Crippen LogP contribution >= 0.6 is 34.8 Å². The molecule has 0 saturated carbocycles. The predicted octanol–water partition coefficient (Wildman–Crippen LogP) is 4.41. The molecule has 2 aromatic rings. The smallest absolute Gasteiger partial charge is 0.354 e. The Morgan fingerprint density at radius 2 is 1.72 bits per heavy atom. The number of aromatic nitrogens is 1. The predicted molar refractivity (Wildman–Crippen MR) is 71.7 cm³/mol. The van der Waals surface area contributed by atoms with Crippen molar-refractivity contribution in [3.63, 3.8) is 0 Å². The molecule has 0 spiro atoms. The summed E-state index contributed by atoms with van der Waals surface area (Å²) in [6.45, 7) is 0. The Kier molecular flexibility index (Phi) is 3.76. The molecular formula is C12H6Cl3NO2. The number of benzene rings is 1. The van der Waals surface area contributed by atoms with E-state index < -0.39 is 5.97 Å². The highest BCUT2D eigenvalue weighted by Gasteiger charge is 2.10. The van der Waals surface area contributed by atoms with Gasteiger partial charge in [0.2, 0.25) is 0 Å². The van der Waals surface area contributed by atoms with Gasteiger partial charge in [-0.15, -0.1) is 0 Å². The van der Waals surface area contributed by atoms with E-state index in [2.05, 4.69) is 4.98 Å². The molecule has 0 bridgehead atoms. The Hall–Kier alpha value is -1.29. The minimum atomic E-state index is -1.08. The topological polar surface area (TPSA) is 50.2 Å². The van der Waals surface area contributed by atoms with Gasteiger partial charge >= 0.3 is 5.97 Å². The highest BCUT2D eigenvalue weighted by molar-refractivity contribution is 6.44. The van der Waals surface area contributed by atoms with E-state index in [9.17, 15) is 4.79 Å². The Balaban J connectivity index is 2.49. The van der Waals surface area contributed by atoms with E-state index in [4.69, 9.17) is 39.9 Å². The zero-order valence-electron chi connectivity index (χ0n) is 8.82. The lowest BCUT2D eigenvalue weighted by molar-refractivity contribution is 0.0690. The van der Waals surface area contributed by atoms with Crippen molar-refractivity contribution >= 4 is 40.8 Å². The van der Waals surface area contributed by atoms with Crippen LogP contribution in [0.15, 0.2) is 30.5 Å². The van der Waals surface area contributed by atoms with E-state index in [1.807, 2.05) is 0 Å². The van der Waals surface area contributed by atoms with Crippen LogP contribution in [0, 0.1) is 0 Å². The summed E-state index contributed by atoms with van der Waals surface area (Å²) in [5, 5.41) is 9.91. The van der Waals surface area contributed by atoms with Crippen LogP contribution in [0.1, 0.15) is 10.5 Å². The number of pyridine rings is 1. The molecule has 1 aromatic carbocycles. The van der Waals surface area contributed by atoms with Crippen molar-refractivity contribution in [2.24, 2.45) is 0 Å². The second kappa shape index (κ2) is 5.14. The van der Waals surface area contributed by atoms with Crippen LogP contribution in [0.2, 0.25) is 15.1 Å². The van der Waals surface area contributed by atoms with Crippen LogP contribution in [0.3, 0.4) is 0 Å². The first-order valence-corrected chi connectivity index (χ1v) is 5.96. The molecule has 0 saturated heterocycles. The Morgan fingerprint density at radius 3 is 2.28 bits per heavy atom. The normalized spacial score (nSPS) is 10.4. The van der Waals surface area contributed by atoms with Crippen LogP contribution in [0.25, 0.3) is 11.1 Å². The molecule has 18 heavy (non-hydrogen) atoms. The number of aromatic carboxylic acids is 1. The van der Waals surface area contributed by atoms with Crippen molar-refractivity contribution in [1.82, 2.24) is 4.98 Å². The largest absolute Gasteiger partial charge is 0.477 e. The summed E-state index contributed by atoms with van der Waals surface area (Å²) in [6, 6.07) is 6.16. The van der Waals surface area contributed by atoms with Crippen LogP contribution in [0.4, 0.5) is 0 Å². The molecule has 0 atom stereocenters. The molecule has 6 heteroatoms. The minimum absolute atomic E-state index is 0.0325. The molecule has 1 heterocycles. The maximum atomic E-state index is 10.7. The third-order valence-electron chi connectivity index (χ3n) is 2.30. The quantitative estimate of drug-likeness (QED) is 0.836. The lowest BCUT2D eigenvalue weighted by atomic mass is 10.1. The summed E-state index contributed by atoms with van der Waals surface area (Å²) >= 11 is 17.8. The summed E-state index contributed by atoms with van der Waals surface area (Å²) in [7, 11) is 0. The van der Waals surface area contributed by atoms with Crippen molar-refractivity contribution in [2.45, 2.75) is 0 Å². The molecular weight excluding hydrogens is 296 g/mol. The molecule has 0 unspecified atom stereocenters. The highest BCUT2D eigenvalue weighted by Crippen LogP contribution is 2.34. The van der Waals surface area contributed by atoms with Gasteiger partial charge in [0.05, 0.1) is 15.1 Å². The van der Waals surface area contributed by atoms with E-state index in [0.717, 1.165) is 0 Å². The van der Waals surface area contributed by atoms with E-state index in [1.165, 1.54) is 18.3 Å². The van der Waals surface area contributed by atoms with Gasteiger partial charge in [0, 0.05) is 17.3 Å². The highest BCUT2D eigenvalue weighted by atomic mass is 35.5. The fourth-order valence-corrected chi connectivity index (χ4v) is 2.08. The number of hydrogen-bond acceptors (Lipinski definition) is 2. The standard InChI is InChI=1S/C12H6Cl3NO2/c13-8-4-10(15)9(14)3-7(8)6-1-2-11(12(17)18)16-5-6/h1-5H,(H,17,18). The van der Waals surface area contributed by atoms with Gasteiger partial charge in [0.1, 0.15) is 5.69 Å². The number of carbonyl (C=O) groups is 1. The number of halogens is 3. The number of carboxylic acid groups (broad SMARTS) is 1. The Morgan fingerprint density at radius 1 is 1.06 bits per heavy atom. The van der Waals surface area contributed by atoms with Crippen molar-refractivity contribution in [3.05, 3.63) is 51.2 Å². The molecule has 0 aliphatic carbocycles. The van der Waals surface area contributed by atoms with Gasteiger partial charge < -0.3 is 5.11 Å². The van der Waals surface area contributed by atoms with Crippen molar-refractivity contribution in [3.8, 4) is 11.1 Å². The molecule has 0 aliphatic rings. The molecule has 0 radical (unpaired) electrons. The average Bonchev–Trinajstić information content (AvgIpc) is 2.34. The third-order valence-corrected chi connectivity index (χ3v) is 3.34. The molecule has 1 N–H and O–H groups in total. The van der Waals surface area contributed by atoms with E-state index >= 15 is 0 Å². The molecule has 3 nitrogen and oxygen atoms in total. The van der Waals surface area contributed by atoms with Gasteiger partial charge in [-0.25, -0.2) is 9.78 Å². The van der Waals surface area contributed by atoms with E-state index in [-0.39, 0.29) is 5.69 Å². The third kappa shape index (κ3) is 2.58. The van der Waals surface area contributed by atoms with Gasteiger partial charge in [0.15, 0.2) is 0 Å². The lowest BCUT2D eigenvalue weighted by Gasteiger charge is -2.06. The first kappa shape index (κ1) is 13.1. The van der Waals surface area contributed by atoms with Crippen molar-refractivity contribution in [2.75, 3.05) is 0 Å². The maximum Gasteiger partial charge on any atom is 0.354 e. The van der Waals surface area contributed by atoms with Crippen LogP contribution in [-0.2, 0) is 0 Å². The number of rotatable bonds is 2. The van der Waals surface area contributed by atoms with Gasteiger partial charge in [0.25, 0.3) is 0 Å². The fraction of sp³-hybridized carbons (Fsp3) is 0. The molecule has 2 rings (SSSR count). The van der Waals surface area contributed by atoms with Crippen molar-refractivity contribution in [1.29, 1.82) is 0 Å². The van der Waals surface area contributed by atoms with E-state index in [0.29, 0.717) is 26.2 Å². The SMILES string of the molecule is O=C(O)c1ccc(-c2cc(Cl)c(Cl)cc2Cl)cn1. The van der Waals surface area contributed by atoms with Crippen molar-refractivity contribution < 1.29 is 9.90 Å². The summed E-state index contributed by atoms with van der Waals surface area (Å²) in [5.41, 5.74) is 1.29. The second-order valence-corrected chi connectivity index (χ2v) is 4.71. The number of hydrogen-bond donors (Lipinski definition) is 1. The Bertz CT molecular complexity index is 611. The average molecular weight is 303 g/mol. The van der Waals surface area contributed by atoms with Gasteiger partial charge in [-0.05, 0) is 18.2 Å². The summed E-state index contributed by atoms with van der Waals surface area (Å²) < 4.78 is 0. The zero-order chi connectivity index (χ0) is 13.3. The first-order chi connectivity index (χ1) is 8.49. The molecule has 1 aromatic heterocycles. The first-order valence-electron chi connectivity index (χ1n) is 4.83.